The van der Waals surface area contributed by atoms with E-state index in [1.54, 1.807) is 6.07 Å². The van der Waals surface area contributed by atoms with Crippen LogP contribution >= 0.6 is 11.6 Å². The van der Waals surface area contributed by atoms with Crippen LogP contribution in [0, 0.1) is 5.92 Å². The molecule has 2 rings (SSSR count). The van der Waals surface area contributed by atoms with Gasteiger partial charge < -0.3 is 14.4 Å². The topological polar surface area (TPSA) is 64.5 Å². The first-order chi connectivity index (χ1) is 11.8. The van der Waals surface area contributed by atoms with Gasteiger partial charge in [0.25, 0.3) is 0 Å². The van der Waals surface area contributed by atoms with Crippen molar-refractivity contribution in [3.8, 4) is 0 Å². The molecule has 6 nitrogen and oxygen atoms in total. The molecule has 25 heavy (non-hydrogen) atoms. The molecule has 0 N–H and O–H groups in total. The molecule has 0 aliphatic carbocycles. The number of aromatic nitrogens is 2. The Labute approximate surface area is 154 Å². The Morgan fingerprint density at radius 1 is 1.36 bits per heavy atom. The van der Waals surface area contributed by atoms with E-state index < -0.39 is 5.60 Å². The van der Waals surface area contributed by atoms with Crippen molar-refractivity contribution in [2.75, 3.05) is 19.7 Å². The van der Waals surface area contributed by atoms with Gasteiger partial charge in [-0.05, 0) is 64.5 Å². The molecule has 1 amide bonds. The maximum Gasteiger partial charge on any atom is 0.410 e. The number of hydrogen-bond acceptors (Lipinski definition) is 5. The van der Waals surface area contributed by atoms with Gasteiger partial charge in [0, 0.05) is 19.7 Å². The highest BCUT2D eigenvalue weighted by atomic mass is 35.5. The van der Waals surface area contributed by atoms with E-state index in [1.807, 2.05) is 31.7 Å². The average molecular weight is 370 g/mol. The summed E-state index contributed by atoms with van der Waals surface area (Å²) in [5, 5.41) is 8.13. The van der Waals surface area contributed by atoms with Crippen LogP contribution in [0.25, 0.3) is 0 Å². The summed E-state index contributed by atoms with van der Waals surface area (Å²) in [6.45, 7) is 8.37. The summed E-state index contributed by atoms with van der Waals surface area (Å²) in [4.78, 5) is 14.0. The summed E-state index contributed by atoms with van der Waals surface area (Å²) in [7, 11) is 0. The number of nitrogens with zero attached hydrogens (tertiary/aromatic N) is 3. The van der Waals surface area contributed by atoms with Gasteiger partial charge in [0.2, 0.25) is 0 Å². The average Bonchev–Trinajstić information content (AvgIpc) is 2.55. The molecule has 1 aliphatic rings. The van der Waals surface area contributed by atoms with Crippen LogP contribution in [-0.4, -0.2) is 46.5 Å². The summed E-state index contributed by atoms with van der Waals surface area (Å²) in [6, 6.07) is 3.52. The van der Waals surface area contributed by atoms with Gasteiger partial charge in [-0.1, -0.05) is 11.6 Å². The highest BCUT2D eigenvalue weighted by molar-refractivity contribution is 6.29. The van der Waals surface area contributed by atoms with Gasteiger partial charge in [0.05, 0.1) is 12.3 Å². The Hall–Kier alpha value is -1.40. The molecule has 0 radical (unpaired) electrons. The van der Waals surface area contributed by atoms with E-state index >= 15 is 0 Å². The van der Waals surface area contributed by atoms with Gasteiger partial charge in [-0.15, -0.1) is 5.10 Å². The zero-order chi connectivity index (χ0) is 18.3. The largest absolute Gasteiger partial charge is 0.444 e. The quantitative estimate of drug-likeness (QED) is 0.707. The first-order valence-corrected chi connectivity index (χ1v) is 9.25. The van der Waals surface area contributed by atoms with Gasteiger partial charge in [-0.25, -0.2) is 4.79 Å². The highest BCUT2D eigenvalue weighted by Crippen LogP contribution is 2.22. The number of carbonyl (C=O) groups is 1. The number of carbonyl (C=O) groups excluding carboxylic acids is 1. The molecule has 1 aromatic rings. The minimum absolute atomic E-state index is 0.199. The fourth-order valence-electron chi connectivity index (χ4n) is 2.86. The lowest BCUT2D eigenvalue weighted by atomic mass is 9.94. The van der Waals surface area contributed by atoms with E-state index in [1.165, 1.54) is 0 Å². The summed E-state index contributed by atoms with van der Waals surface area (Å²) in [6.07, 6.45) is 4.00. The molecule has 1 aliphatic heterocycles. The standard InChI is InChI=1S/C18H28ClN3O3/c1-18(2,3)25-17(23)22-10-4-6-14(12-22)7-5-11-24-13-15-8-9-16(19)21-20-15/h8-9,14H,4-7,10-13H2,1-3H3/t14-/m0/s1. The molecule has 0 bridgehead atoms. The number of ether oxygens (including phenoxy) is 2. The third kappa shape index (κ3) is 7.57. The third-order valence-corrected chi connectivity index (χ3v) is 4.21. The van der Waals surface area contributed by atoms with Crippen molar-refractivity contribution in [1.29, 1.82) is 0 Å². The van der Waals surface area contributed by atoms with Gasteiger partial charge >= 0.3 is 6.09 Å². The van der Waals surface area contributed by atoms with Crippen molar-refractivity contribution < 1.29 is 14.3 Å². The second kappa shape index (κ2) is 9.34. The summed E-state index contributed by atoms with van der Waals surface area (Å²) in [5.74, 6) is 0.514. The molecule has 0 aromatic carbocycles. The van der Waals surface area contributed by atoms with E-state index in [4.69, 9.17) is 21.1 Å². The number of likely N-dealkylation sites (tertiary alicyclic amines) is 1. The Kier molecular flexibility index (Phi) is 7.44. The fourth-order valence-corrected chi connectivity index (χ4v) is 2.97. The predicted octanol–water partition coefficient (Wildman–Crippen LogP) is 4.07. The molecule has 1 atom stereocenters. The molecule has 2 heterocycles. The number of amides is 1. The first-order valence-electron chi connectivity index (χ1n) is 8.87. The van der Waals surface area contributed by atoms with Crippen molar-refractivity contribution in [3.05, 3.63) is 23.0 Å². The predicted molar refractivity (Wildman–Crippen MR) is 96.5 cm³/mol. The van der Waals surface area contributed by atoms with E-state index in [0.29, 0.717) is 24.3 Å². The molecule has 1 fully saturated rings. The molecule has 7 heteroatoms. The Bertz CT molecular complexity index is 545. The van der Waals surface area contributed by atoms with Crippen LogP contribution in [0.2, 0.25) is 5.15 Å². The first kappa shape index (κ1) is 19.9. The zero-order valence-corrected chi connectivity index (χ0v) is 16.1. The smallest absolute Gasteiger partial charge is 0.410 e. The van der Waals surface area contributed by atoms with E-state index in [9.17, 15) is 4.79 Å². The van der Waals surface area contributed by atoms with E-state index in [2.05, 4.69) is 10.2 Å². The van der Waals surface area contributed by atoms with Gasteiger partial charge in [0.1, 0.15) is 5.60 Å². The SMILES string of the molecule is CC(C)(C)OC(=O)N1CCC[C@@H](CCCOCc2ccc(Cl)nn2)C1. The molecular formula is C18H28ClN3O3. The van der Waals surface area contributed by atoms with Gasteiger partial charge in [-0.3, -0.25) is 0 Å². The maximum atomic E-state index is 12.2. The van der Waals surface area contributed by atoms with Crippen LogP contribution in [0.4, 0.5) is 4.79 Å². The molecule has 0 saturated carbocycles. The van der Waals surface area contributed by atoms with Crippen LogP contribution in [0.1, 0.15) is 52.1 Å². The third-order valence-electron chi connectivity index (χ3n) is 4.01. The lowest BCUT2D eigenvalue weighted by Crippen LogP contribution is -2.42. The minimum Gasteiger partial charge on any atom is -0.444 e. The van der Waals surface area contributed by atoms with E-state index in [0.717, 1.165) is 44.5 Å². The molecular weight excluding hydrogens is 342 g/mol. The minimum atomic E-state index is -0.442. The van der Waals surface area contributed by atoms with Crippen LogP contribution in [0.15, 0.2) is 12.1 Å². The Balaban J connectivity index is 1.63. The van der Waals surface area contributed by atoms with Crippen molar-refractivity contribution in [2.45, 2.75) is 58.7 Å². The Morgan fingerprint density at radius 3 is 2.84 bits per heavy atom. The van der Waals surface area contributed by atoms with Gasteiger partial charge in [-0.2, -0.15) is 5.10 Å². The second-order valence-corrected chi connectivity index (χ2v) is 7.86. The Morgan fingerprint density at radius 2 is 2.16 bits per heavy atom. The maximum absolute atomic E-state index is 12.2. The normalized spacial score (nSPS) is 18.2. The van der Waals surface area contributed by atoms with Crippen LogP contribution in [0.3, 0.4) is 0 Å². The summed E-state index contributed by atoms with van der Waals surface area (Å²) < 4.78 is 11.1. The summed E-state index contributed by atoms with van der Waals surface area (Å²) >= 11 is 5.70. The lowest BCUT2D eigenvalue weighted by molar-refractivity contribution is 0.0155. The van der Waals surface area contributed by atoms with E-state index in [-0.39, 0.29) is 6.09 Å². The molecule has 140 valence electrons. The van der Waals surface area contributed by atoms with Gasteiger partial charge in [0.15, 0.2) is 5.15 Å². The van der Waals surface area contributed by atoms with Crippen molar-refractivity contribution in [2.24, 2.45) is 5.92 Å². The van der Waals surface area contributed by atoms with Crippen molar-refractivity contribution >= 4 is 17.7 Å². The van der Waals surface area contributed by atoms with Crippen molar-refractivity contribution in [1.82, 2.24) is 15.1 Å². The monoisotopic (exact) mass is 369 g/mol. The second-order valence-electron chi connectivity index (χ2n) is 7.48. The van der Waals surface area contributed by atoms with Crippen LogP contribution in [0.5, 0.6) is 0 Å². The number of halogens is 1. The fraction of sp³-hybridized carbons (Fsp3) is 0.722. The summed E-state index contributed by atoms with van der Waals surface area (Å²) in [5.41, 5.74) is 0.334. The number of piperidine rings is 1. The van der Waals surface area contributed by atoms with Crippen LogP contribution in [-0.2, 0) is 16.1 Å². The number of rotatable bonds is 6. The zero-order valence-electron chi connectivity index (χ0n) is 15.3. The molecule has 1 saturated heterocycles. The lowest BCUT2D eigenvalue weighted by Gasteiger charge is -2.34. The highest BCUT2D eigenvalue weighted by Gasteiger charge is 2.27. The molecule has 1 aromatic heterocycles. The van der Waals surface area contributed by atoms with Crippen molar-refractivity contribution in [3.63, 3.8) is 0 Å². The number of hydrogen-bond donors (Lipinski definition) is 0. The molecule has 0 spiro atoms. The van der Waals surface area contributed by atoms with Crippen LogP contribution < -0.4 is 0 Å². The molecule has 0 unspecified atom stereocenters.